The van der Waals surface area contributed by atoms with E-state index in [0.29, 0.717) is 5.56 Å². The second-order valence-corrected chi connectivity index (χ2v) is 9.69. The maximum atomic E-state index is 13.1. The van der Waals surface area contributed by atoms with E-state index in [1.54, 1.807) is 33.9 Å². The Morgan fingerprint density at radius 2 is 1.51 bits per heavy atom. The highest BCUT2D eigenvalue weighted by Gasteiger charge is 2.33. The third kappa shape index (κ3) is 8.04. The van der Waals surface area contributed by atoms with Crippen LogP contribution in [-0.2, 0) is 30.4 Å². The molecule has 1 aromatic carbocycles. The van der Waals surface area contributed by atoms with Crippen molar-refractivity contribution in [2.24, 2.45) is 23.3 Å². The molecule has 4 atom stereocenters. The summed E-state index contributed by atoms with van der Waals surface area (Å²) in [5.74, 6) is -4.94. The van der Waals surface area contributed by atoms with Crippen molar-refractivity contribution < 1.29 is 29.1 Å². The van der Waals surface area contributed by atoms with Crippen LogP contribution in [0.4, 0.5) is 0 Å². The lowest BCUT2D eigenvalue weighted by atomic mass is 10.00. The zero-order valence-corrected chi connectivity index (χ0v) is 21.4. The van der Waals surface area contributed by atoms with Crippen molar-refractivity contribution in [1.29, 1.82) is 0 Å². The van der Waals surface area contributed by atoms with Crippen LogP contribution in [0, 0.1) is 11.8 Å². The first kappa shape index (κ1) is 29.3. The summed E-state index contributed by atoms with van der Waals surface area (Å²) in [4.78, 5) is 65.0. The number of H-pyrrole nitrogens is 1. The monoisotopic (exact) mass is 516 g/mol. The molecule has 9 N–H and O–H groups in total. The number of amides is 4. The van der Waals surface area contributed by atoms with Crippen LogP contribution in [0.2, 0.25) is 0 Å². The van der Waals surface area contributed by atoms with Crippen molar-refractivity contribution in [1.82, 2.24) is 20.9 Å². The summed E-state index contributed by atoms with van der Waals surface area (Å²) in [5.41, 5.74) is 12.6. The molecule has 12 heteroatoms. The van der Waals surface area contributed by atoms with Gasteiger partial charge in [0.05, 0.1) is 12.5 Å². The molecule has 202 valence electrons. The lowest BCUT2D eigenvalue weighted by Crippen LogP contribution is -2.59. The predicted octanol–water partition coefficient (Wildman–Crippen LogP) is -0.236. The van der Waals surface area contributed by atoms with Gasteiger partial charge in [0.25, 0.3) is 0 Å². The van der Waals surface area contributed by atoms with Crippen LogP contribution in [0.1, 0.15) is 39.7 Å². The first-order valence-corrected chi connectivity index (χ1v) is 12.0. The minimum Gasteiger partial charge on any atom is -0.480 e. The molecular formula is C25H36N6O6. The van der Waals surface area contributed by atoms with Gasteiger partial charge in [-0.15, -0.1) is 0 Å². The number of rotatable bonds is 13. The molecule has 0 aliphatic carbocycles. The fraction of sp³-hybridized carbons (Fsp3) is 0.480. The highest BCUT2D eigenvalue weighted by atomic mass is 16.4. The van der Waals surface area contributed by atoms with Crippen molar-refractivity contribution in [2.75, 3.05) is 0 Å². The maximum absolute atomic E-state index is 13.1. The standard InChI is InChI=1S/C25H36N6O6/c1-12(2)20(27)23(34)29-17(10-19(26)32)22(33)31-21(13(3)4)24(35)30-18(25(36)37)9-14-11-28-16-8-6-5-7-15(14)16/h5-8,11-13,17-18,20-21,28H,9-10,27H2,1-4H3,(H2,26,32)(H,29,34)(H,30,35)(H,31,33)(H,36,37). The lowest BCUT2D eigenvalue weighted by molar-refractivity contribution is -0.142. The molecule has 0 saturated carbocycles. The number of carbonyl (C=O) groups excluding carboxylic acids is 4. The summed E-state index contributed by atoms with van der Waals surface area (Å²) in [6.07, 6.45) is 1.19. The van der Waals surface area contributed by atoms with Gasteiger partial charge in [-0.05, 0) is 23.5 Å². The Hall–Kier alpha value is -3.93. The summed E-state index contributed by atoms with van der Waals surface area (Å²) in [6, 6.07) is 2.68. The Labute approximate surface area is 214 Å². The minimum absolute atomic E-state index is 0.0112. The van der Waals surface area contributed by atoms with Gasteiger partial charge >= 0.3 is 5.97 Å². The summed E-state index contributed by atoms with van der Waals surface area (Å²) >= 11 is 0. The molecule has 4 unspecified atom stereocenters. The number of primary amides is 1. The number of para-hydroxylation sites is 1. The third-order valence-corrected chi connectivity index (χ3v) is 6.02. The second-order valence-electron chi connectivity index (χ2n) is 9.69. The first-order valence-electron chi connectivity index (χ1n) is 12.0. The van der Waals surface area contributed by atoms with Gasteiger partial charge in [0.15, 0.2) is 0 Å². The van der Waals surface area contributed by atoms with E-state index in [-0.39, 0.29) is 12.3 Å². The average molecular weight is 517 g/mol. The van der Waals surface area contributed by atoms with Crippen molar-refractivity contribution >= 4 is 40.5 Å². The number of carboxylic acids is 1. The molecule has 0 saturated heterocycles. The number of fused-ring (bicyclic) bond motifs is 1. The zero-order valence-electron chi connectivity index (χ0n) is 21.4. The molecule has 0 aliphatic rings. The molecule has 0 bridgehead atoms. The summed E-state index contributed by atoms with van der Waals surface area (Å²) in [5, 5.41) is 18.0. The van der Waals surface area contributed by atoms with E-state index in [9.17, 15) is 29.1 Å². The molecule has 4 amide bonds. The van der Waals surface area contributed by atoms with Crippen LogP contribution in [-0.4, -0.2) is 63.9 Å². The number of aliphatic carboxylic acids is 1. The molecule has 37 heavy (non-hydrogen) atoms. The molecule has 0 aliphatic heterocycles. The van der Waals surface area contributed by atoms with Crippen LogP contribution in [0.5, 0.6) is 0 Å². The number of carboxylic acid groups (broad SMARTS) is 1. The van der Waals surface area contributed by atoms with E-state index >= 15 is 0 Å². The first-order chi connectivity index (χ1) is 17.3. The third-order valence-electron chi connectivity index (χ3n) is 6.02. The molecule has 1 aromatic heterocycles. The Morgan fingerprint density at radius 1 is 0.892 bits per heavy atom. The highest BCUT2D eigenvalue weighted by molar-refractivity contribution is 5.96. The quantitative estimate of drug-likeness (QED) is 0.190. The van der Waals surface area contributed by atoms with Crippen molar-refractivity contribution in [2.45, 2.75) is 64.7 Å². The van der Waals surface area contributed by atoms with Crippen molar-refractivity contribution in [3.63, 3.8) is 0 Å². The Kier molecular flexibility index (Phi) is 10.2. The smallest absolute Gasteiger partial charge is 0.326 e. The van der Waals surface area contributed by atoms with Crippen LogP contribution >= 0.6 is 0 Å². The molecule has 0 radical (unpaired) electrons. The largest absolute Gasteiger partial charge is 0.480 e. The molecule has 2 rings (SSSR count). The van der Waals surface area contributed by atoms with Crippen LogP contribution in [0.3, 0.4) is 0 Å². The van der Waals surface area contributed by atoms with E-state index in [4.69, 9.17) is 11.5 Å². The number of aromatic nitrogens is 1. The number of benzene rings is 1. The van der Waals surface area contributed by atoms with E-state index in [1.807, 2.05) is 24.3 Å². The van der Waals surface area contributed by atoms with Gasteiger partial charge in [-0.3, -0.25) is 19.2 Å². The van der Waals surface area contributed by atoms with Gasteiger partial charge in [0.1, 0.15) is 18.1 Å². The summed E-state index contributed by atoms with van der Waals surface area (Å²) in [7, 11) is 0. The number of nitrogens with two attached hydrogens (primary N) is 2. The molecule has 12 nitrogen and oxygen atoms in total. The molecule has 0 spiro atoms. The van der Waals surface area contributed by atoms with Crippen molar-refractivity contribution in [3.8, 4) is 0 Å². The fourth-order valence-corrected chi connectivity index (χ4v) is 3.75. The zero-order chi connectivity index (χ0) is 27.9. The van der Waals surface area contributed by atoms with Crippen LogP contribution < -0.4 is 27.4 Å². The number of hydrogen-bond acceptors (Lipinski definition) is 6. The number of carbonyl (C=O) groups is 5. The van der Waals surface area contributed by atoms with Crippen LogP contribution in [0.15, 0.2) is 30.5 Å². The summed E-state index contributed by atoms with van der Waals surface area (Å²) in [6.45, 7) is 6.77. The van der Waals surface area contributed by atoms with Crippen LogP contribution in [0.25, 0.3) is 10.9 Å². The molecule has 2 aromatic rings. The average Bonchev–Trinajstić information content (AvgIpc) is 3.22. The maximum Gasteiger partial charge on any atom is 0.326 e. The molecular weight excluding hydrogens is 480 g/mol. The minimum atomic E-state index is -1.36. The van der Waals surface area contributed by atoms with E-state index in [2.05, 4.69) is 20.9 Å². The summed E-state index contributed by atoms with van der Waals surface area (Å²) < 4.78 is 0. The SMILES string of the molecule is CC(C)C(N)C(=O)NC(CC(N)=O)C(=O)NC(C(=O)NC(Cc1c[nH]c2ccccc12)C(=O)O)C(C)C. The Bertz CT molecular complexity index is 1140. The van der Waals surface area contributed by atoms with Gasteiger partial charge in [-0.1, -0.05) is 45.9 Å². The molecule has 1 heterocycles. The van der Waals surface area contributed by atoms with Gasteiger partial charge in [0.2, 0.25) is 23.6 Å². The van der Waals surface area contributed by atoms with E-state index < -0.39 is 66.1 Å². The Balaban J connectivity index is 2.17. The van der Waals surface area contributed by atoms with Gasteiger partial charge in [0, 0.05) is 23.5 Å². The van der Waals surface area contributed by atoms with E-state index in [0.717, 1.165) is 10.9 Å². The number of nitrogens with one attached hydrogen (secondary N) is 4. The highest BCUT2D eigenvalue weighted by Crippen LogP contribution is 2.19. The predicted molar refractivity (Wildman–Crippen MR) is 137 cm³/mol. The van der Waals surface area contributed by atoms with Gasteiger partial charge in [-0.2, -0.15) is 0 Å². The fourth-order valence-electron chi connectivity index (χ4n) is 3.75. The second kappa shape index (κ2) is 12.9. The number of hydrogen-bond donors (Lipinski definition) is 7. The van der Waals surface area contributed by atoms with Gasteiger partial charge in [-0.25, -0.2) is 4.79 Å². The number of aromatic amines is 1. The van der Waals surface area contributed by atoms with Gasteiger partial charge < -0.3 is 37.5 Å². The van der Waals surface area contributed by atoms with Crippen molar-refractivity contribution in [3.05, 3.63) is 36.0 Å². The lowest BCUT2D eigenvalue weighted by Gasteiger charge is -2.27. The van der Waals surface area contributed by atoms with E-state index in [1.165, 1.54) is 0 Å². The normalized spacial score (nSPS) is 14.6. The Morgan fingerprint density at radius 3 is 2.08 bits per heavy atom. The molecule has 0 fully saturated rings. The topological polar surface area (TPSA) is 209 Å².